The van der Waals surface area contributed by atoms with E-state index in [9.17, 15) is 0 Å². The van der Waals surface area contributed by atoms with Crippen LogP contribution >= 0.6 is 11.3 Å². The Bertz CT molecular complexity index is 654. The maximum Gasteiger partial charge on any atom is 0.180 e. The monoisotopic (exact) mass is 231 g/mol. The van der Waals surface area contributed by atoms with Crippen molar-refractivity contribution >= 4 is 34.0 Å². The molecule has 80 valence electrons. The molecule has 3 aromatic rings. The van der Waals surface area contributed by atoms with E-state index in [4.69, 9.17) is 11.5 Å². The minimum atomic E-state index is 0.463. The number of anilines is 2. The topological polar surface area (TPSA) is 93.6 Å². The van der Waals surface area contributed by atoms with E-state index in [0.29, 0.717) is 11.5 Å². The highest BCUT2D eigenvalue weighted by Gasteiger charge is 2.10. The van der Waals surface area contributed by atoms with Crippen LogP contribution in [0.15, 0.2) is 23.6 Å². The first-order valence-electron chi connectivity index (χ1n) is 4.69. The lowest BCUT2D eigenvalue weighted by atomic mass is 10.4. The van der Waals surface area contributed by atoms with Crippen LogP contribution in [0.25, 0.3) is 21.9 Å². The highest BCUT2D eigenvalue weighted by atomic mass is 32.1. The van der Waals surface area contributed by atoms with Crippen molar-refractivity contribution in [2.75, 3.05) is 11.5 Å². The smallest absolute Gasteiger partial charge is 0.180 e. The van der Waals surface area contributed by atoms with Crippen molar-refractivity contribution in [2.45, 2.75) is 0 Å². The number of fused-ring (bicyclic) bond motifs is 1. The number of H-pyrrole nitrogens is 1. The van der Waals surface area contributed by atoms with Gasteiger partial charge in [0.1, 0.15) is 5.82 Å². The fraction of sp³-hybridized carbons (Fsp3) is 0. The van der Waals surface area contributed by atoms with Crippen molar-refractivity contribution in [3.8, 4) is 10.7 Å². The van der Waals surface area contributed by atoms with Gasteiger partial charge < -0.3 is 16.5 Å². The number of rotatable bonds is 1. The van der Waals surface area contributed by atoms with Gasteiger partial charge in [-0.3, -0.25) is 0 Å². The van der Waals surface area contributed by atoms with Crippen LogP contribution in [-0.2, 0) is 0 Å². The third kappa shape index (κ3) is 1.31. The Kier molecular flexibility index (Phi) is 1.84. The molecule has 0 bridgehead atoms. The van der Waals surface area contributed by atoms with Crippen molar-refractivity contribution in [1.82, 2.24) is 15.0 Å². The molecule has 5 nitrogen and oxygen atoms in total. The van der Waals surface area contributed by atoms with Crippen LogP contribution in [0.2, 0.25) is 0 Å². The van der Waals surface area contributed by atoms with Gasteiger partial charge in [-0.25, -0.2) is 9.97 Å². The Morgan fingerprint density at radius 2 is 2.00 bits per heavy atom. The molecule has 0 radical (unpaired) electrons. The first-order valence-corrected chi connectivity index (χ1v) is 5.57. The van der Waals surface area contributed by atoms with Crippen molar-refractivity contribution < 1.29 is 0 Å². The van der Waals surface area contributed by atoms with Crippen LogP contribution in [0.3, 0.4) is 0 Å². The van der Waals surface area contributed by atoms with Crippen molar-refractivity contribution in [3.63, 3.8) is 0 Å². The molecule has 0 aliphatic heterocycles. The molecule has 5 N–H and O–H groups in total. The predicted octanol–water partition coefficient (Wildman–Crippen LogP) is 1.85. The fourth-order valence-corrected chi connectivity index (χ4v) is 2.29. The summed E-state index contributed by atoms with van der Waals surface area (Å²) < 4.78 is 0. The van der Waals surface area contributed by atoms with Crippen LogP contribution in [0.5, 0.6) is 0 Å². The number of aromatic nitrogens is 3. The number of imidazole rings is 1. The molecule has 0 atom stereocenters. The van der Waals surface area contributed by atoms with Gasteiger partial charge >= 0.3 is 0 Å². The zero-order chi connectivity index (χ0) is 11.1. The lowest BCUT2D eigenvalue weighted by molar-refractivity contribution is 1.32. The Hall–Kier alpha value is -2.08. The number of hydrogen-bond donors (Lipinski definition) is 3. The molecule has 6 heteroatoms. The van der Waals surface area contributed by atoms with Gasteiger partial charge in [0.25, 0.3) is 0 Å². The lowest BCUT2D eigenvalue weighted by Crippen LogP contribution is -1.88. The maximum atomic E-state index is 5.83. The van der Waals surface area contributed by atoms with Gasteiger partial charge in [-0.1, -0.05) is 0 Å². The van der Waals surface area contributed by atoms with E-state index >= 15 is 0 Å². The molecule has 0 unspecified atom stereocenters. The molecular weight excluding hydrogens is 222 g/mol. The minimum Gasteiger partial charge on any atom is -0.397 e. The van der Waals surface area contributed by atoms with Crippen LogP contribution in [0.4, 0.5) is 11.5 Å². The molecule has 0 saturated heterocycles. The fourth-order valence-electron chi connectivity index (χ4n) is 1.53. The van der Waals surface area contributed by atoms with Gasteiger partial charge in [0, 0.05) is 0 Å². The first-order chi connectivity index (χ1) is 7.74. The zero-order valence-electron chi connectivity index (χ0n) is 8.27. The summed E-state index contributed by atoms with van der Waals surface area (Å²) in [5.41, 5.74) is 13.6. The molecule has 3 heterocycles. The normalized spacial score (nSPS) is 11.0. The van der Waals surface area contributed by atoms with E-state index in [0.717, 1.165) is 21.9 Å². The summed E-state index contributed by atoms with van der Waals surface area (Å²) in [4.78, 5) is 12.6. The Labute approximate surface area is 95.1 Å². The van der Waals surface area contributed by atoms with E-state index in [1.54, 1.807) is 17.4 Å². The molecule has 0 fully saturated rings. The second-order valence-electron chi connectivity index (χ2n) is 3.40. The summed E-state index contributed by atoms with van der Waals surface area (Å²) in [5, 5.41) is 1.93. The molecule has 0 aliphatic carbocycles. The predicted molar refractivity (Wildman–Crippen MR) is 66.0 cm³/mol. The summed E-state index contributed by atoms with van der Waals surface area (Å²) in [5.74, 6) is 1.20. The highest BCUT2D eigenvalue weighted by Crippen LogP contribution is 2.30. The Morgan fingerprint density at radius 3 is 2.75 bits per heavy atom. The molecule has 0 aliphatic rings. The Morgan fingerprint density at radius 1 is 1.12 bits per heavy atom. The minimum absolute atomic E-state index is 0.463. The second-order valence-corrected chi connectivity index (χ2v) is 4.31. The Balaban J connectivity index is 2.23. The van der Waals surface area contributed by atoms with Gasteiger partial charge in [0.15, 0.2) is 11.5 Å². The summed E-state index contributed by atoms with van der Waals surface area (Å²) in [6.07, 6.45) is 0. The molecular formula is C10H9N5S. The van der Waals surface area contributed by atoms with Gasteiger partial charge in [-0.05, 0) is 23.6 Å². The zero-order valence-corrected chi connectivity index (χ0v) is 9.08. The van der Waals surface area contributed by atoms with E-state index in [1.807, 2.05) is 17.5 Å². The third-order valence-corrected chi connectivity index (χ3v) is 3.22. The molecule has 0 aromatic carbocycles. The van der Waals surface area contributed by atoms with Gasteiger partial charge in [0.05, 0.1) is 16.1 Å². The van der Waals surface area contributed by atoms with Gasteiger partial charge in [0.2, 0.25) is 0 Å². The van der Waals surface area contributed by atoms with Gasteiger partial charge in [-0.15, -0.1) is 11.3 Å². The van der Waals surface area contributed by atoms with E-state index in [1.165, 1.54) is 0 Å². The summed E-state index contributed by atoms with van der Waals surface area (Å²) in [6.45, 7) is 0. The lowest BCUT2D eigenvalue weighted by Gasteiger charge is -1.91. The maximum absolute atomic E-state index is 5.83. The van der Waals surface area contributed by atoms with Crippen molar-refractivity contribution in [3.05, 3.63) is 23.6 Å². The number of hydrogen-bond acceptors (Lipinski definition) is 5. The van der Waals surface area contributed by atoms with E-state index in [2.05, 4.69) is 15.0 Å². The van der Waals surface area contributed by atoms with E-state index in [-0.39, 0.29) is 0 Å². The highest BCUT2D eigenvalue weighted by molar-refractivity contribution is 7.14. The average Bonchev–Trinajstić information content (AvgIpc) is 2.82. The number of nitrogens with one attached hydrogen (secondary N) is 1. The van der Waals surface area contributed by atoms with Crippen LogP contribution in [0, 0.1) is 0 Å². The molecule has 3 aromatic heterocycles. The number of nitrogens with zero attached hydrogens (tertiary/aromatic N) is 2. The van der Waals surface area contributed by atoms with Crippen LogP contribution in [0.1, 0.15) is 0 Å². The number of nitrogen functional groups attached to an aromatic ring is 2. The number of pyridine rings is 1. The largest absolute Gasteiger partial charge is 0.397 e. The van der Waals surface area contributed by atoms with Crippen molar-refractivity contribution in [2.24, 2.45) is 0 Å². The number of aromatic amines is 1. The van der Waals surface area contributed by atoms with Crippen molar-refractivity contribution in [1.29, 1.82) is 0 Å². The van der Waals surface area contributed by atoms with Crippen LogP contribution in [-0.4, -0.2) is 15.0 Å². The molecule has 0 amide bonds. The summed E-state index contributed by atoms with van der Waals surface area (Å²) >= 11 is 1.54. The number of nitrogens with two attached hydrogens (primary N) is 2. The SMILES string of the molecule is Nc1ccc2[nH]c(-c3sccc3N)nc2n1. The van der Waals surface area contributed by atoms with Gasteiger partial charge in [-0.2, -0.15) is 0 Å². The number of thiophene rings is 1. The molecule has 16 heavy (non-hydrogen) atoms. The van der Waals surface area contributed by atoms with Crippen LogP contribution < -0.4 is 11.5 Å². The first kappa shape index (κ1) is 9.17. The standard InChI is InChI=1S/C10H9N5S/c11-5-3-4-16-8(5)10-13-6-1-2-7(12)14-9(6)15-10/h1-4H,11H2,(H3,12,13,14,15). The second kappa shape index (κ2) is 3.21. The van der Waals surface area contributed by atoms with E-state index < -0.39 is 0 Å². The third-order valence-electron chi connectivity index (χ3n) is 2.28. The summed E-state index contributed by atoms with van der Waals surface area (Å²) in [7, 11) is 0. The molecule has 0 saturated carbocycles. The summed E-state index contributed by atoms with van der Waals surface area (Å²) in [6, 6.07) is 5.45. The molecule has 3 rings (SSSR count). The molecule has 0 spiro atoms. The average molecular weight is 231 g/mol. The quantitative estimate of drug-likeness (QED) is 0.595.